The van der Waals surface area contributed by atoms with E-state index in [1.54, 1.807) is 0 Å². The second kappa shape index (κ2) is 8.47. The molecule has 4 rings (SSSR count). The van der Waals surface area contributed by atoms with Crippen molar-refractivity contribution in [1.82, 2.24) is 0 Å². The van der Waals surface area contributed by atoms with E-state index >= 15 is 0 Å². The predicted molar refractivity (Wildman–Crippen MR) is 131 cm³/mol. The number of carbonyl (C=O) groups excluding carboxylic acids is 1. The minimum Gasteiger partial charge on any atom is -0.486 e. The maximum Gasteiger partial charge on any atom is 0.341 e. The Balaban J connectivity index is 1.71. The zero-order valence-corrected chi connectivity index (χ0v) is 21.5. The van der Waals surface area contributed by atoms with Gasteiger partial charge in [-0.15, -0.1) is 0 Å². The topological polar surface area (TPSA) is 91.3 Å². The molecule has 1 unspecified atom stereocenters. The van der Waals surface area contributed by atoms with Crippen LogP contribution in [0.15, 0.2) is 24.3 Å². The van der Waals surface area contributed by atoms with E-state index in [1.165, 1.54) is 6.92 Å². The maximum absolute atomic E-state index is 11.4. The lowest BCUT2D eigenvalue weighted by Gasteiger charge is -2.51. The molecule has 7 heteroatoms. The van der Waals surface area contributed by atoms with Crippen molar-refractivity contribution in [2.75, 3.05) is 13.2 Å². The van der Waals surface area contributed by atoms with Crippen LogP contribution in [0.25, 0.3) is 0 Å². The second-order valence-electron chi connectivity index (χ2n) is 11.1. The number of ether oxygens (including phenoxy) is 4. The van der Waals surface area contributed by atoms with Crippen LogP contribution >= 0.6 is 0 Å². The summed E-state index contributed by atoms with van der Waals surface area (Å²) in [6, 6.07) is 7.75. The summed E-state index contributed by atoms with van der Waals surface area (Å²) in [5.41, 5.74) is 3.10. The van der Waals surface area contributed by atoms with Gasteiger partial charge in [-0.1, -0.05) is 27.7 Å². The quantitative estimate of drug-likeness (QED) is 0.601. The zero-order chi connectivity index (χ0) is 25.8. The molecule has 2 aliphatic heterocycles. The smallest absolute Gasteiger partial charge is 0.341 e. The number of Topliss-reactive ketones (excluding diaryl/α,β-unsaturated/α-hetero) is 1. The molecule has 0 aromatic heterocycles. The molecule has 0 radical (unpaired) electrons. The minimum absolute atomic E-state index is 0.0279. The summed E-state index contributed by atoms with van der Waals surface area (Å²) in [5, 5.41) is 9.00. The van der Waals surface area contributed by atoms with E-state index in [-0.39, 0.29) is 23.2 Å². The van der Waals surface area contributed by atoms with Gasteiger partial charge in [0.2, 0.25) is 0 Å². The Morgan fingerprint density at radius 2 is 1.26 bits per heavy atom. The van der Waals surface area contributed by atoms with Gasteiger partial charge in [0.05, 0.1) is 0 Å². The van der Waals surface area contributed by atoms with Gasteiger partial charge in [0, 0.05) is 34.8 Å². The SMILES string of the molecule is CC(=O)COc1cc2c(cc1C)OC1(CC2(C)C)CC(C)(C)c2cc(OCC(=O)O)c(C)cc2O1. The molecule has 2 aromatic rings. The third-order valence-electron chi connectivity index (χ3n) is 6.81. The number of hydrogen-bond donors (Lipinski definition) is 1. The molecular formula is C28H34O7. The number of carbonyl (C=O) groups is 2. The summed E-state index contributed by atoms with van der Waals surface area (Å²) in [6.45, 7) is 13.6. The fourth-order valence-corrected chi connectivity index (χ4v) is 5.35. The molecular weight excluding hydrogens is 448 g/mol. The Hall–Kier alpha value is -3.22. The van der Waals surface area contributed by atoms with E-state index in [4.69, 9.17) is 24.1 Å². The van der Waals surface area contributed by atoms with Crippen LogP contribution in [0.2, 0.25) is 0 Å². The van der Waals surface area contributed by atoms with Crippen molar-refractivity contribution in [3.05, 3.63) is 46.5 Å². The average molecular weight is 483 g/mol. The number of rotatable bonds is 6. The number of benzene rings is 2. The number of aliphatic carboxylic acids is 1. The van der Waals surface area contributed by atoms with E-state index in [1.807, 2.05) is 38.1 Å². The molecule has 0 saturated carbocycles. The fraction of sp³-hybridized carbons (Fsp3) is 0.500. The van der Waals surface area contributed by atoms with Crippen LogP contribution in [0, 0.1) is 13.8 Å². The van der Waals surface area contributed by atoms with E-state index in [9.17, 15) is 9.59 Å². The Labute approximate surface area is 206 Å². The normalized spacial score (nSPS) is 21.2. The summed E-state index contributed by atoms with van der Waals surface area (Å²) in [4.78, 5) is 22.4. The van der Waals surface area contributed by atoms with Gasteiger partial charge in [-0.05, 0) is 56.2 Å². The molecule has 0 amide bonds. The highest BCUT2D eigenvalue weighted by Crippen LogP contribution is 2.55. The van der Waals surface area contributed by atoms with Crippen molar-refractivity contribution in [3.63, 3.8) is 0 Å². The average Bonchev–Trinajstić information content (AvgIpc) is 2.69. The highest BCUT2D eigenvalue weighted by Gasteiger charge is 2.53. The fourth-order valence-electron chi connectivity index (χ4n) is 5.35. The summed E-state index contributed by atoms with van der Waals surface area (Å²) < 4.78 is 24.5. The first-order valence-electron chi connectivity index (χ1n) is 11.9. The van der Waals surface area contributed by atoms with Crippen LogP contribution in [0.3, 0.4) is 0 Å². The molecule has 0 fully saturated rings. The van der Waals surface area contributed by atoms with E-state index in [0.29, 0.717) is 24.3 Å². The van der Waals surface area contributed by atoms with Crippen molar-refractivity contribution < 1.29 is 33.6 Å². The molecule has 0 aliphatic carbocycles. The first kappa shape index (κ1) is 24.9. The van der Waals surface area contributed by atoms with Gasteiger partial charge < -0.3 is 24.1 Å². The van der Waals surface area contributed by atoms with Crippen LogP contribution in [0.5, 0.6) is 23.0 Å². The number of fused-ring (bicyclic) bond motifs is 2. The molecule has 2 aliphatic rings. The molecule has 1 atom stereocenters. The van der Waals surface area contributed by atoms with E-state index in [2.05, 4.69) is 27.7 Å². The number of carboxylic acids is 1. The van der Waals surface area contributed by atoms with Gasteiger partial charge in [-0.25, -0.2) is 4.79 Å². The minimum atomic E-state index is -1.02. The van der Waals surface area contributed by atoms with Gasteiger partial charge in [0.25, 0.3) is 5.79 Å². The molecule has 1 N–H and O–H groups in total. The van der Waals surface area contributed by atoms with Gasteiger partial charge in [-0.2, -0.15) is 0 Å². The van der Waals surface area contributed by atoms with E-state index in [0.717, 1.165) is 33.8 Å². The Kier molecular flexibility index (Phi) is 6.02. The van der Waals surface area contributed by atoms with Crippen LogP contribution in [0.1, 0.15) is 69.7 Å². The third kappa shape index (κ3) is 4.81. The monoisotopic (exact) mass is 482 g/mol. The van der Waals surface area contributed by atoms with Crippen molar-refractivity contribution in [2.24, 2.45) is 0 Å². The summed E-state index contributed by atoms with van der Waals surface area (Å²) in [5.74, 6) is 0.800. The lowest BCUT2D eigenvalue weighted by molar-refractivity contribution is -0.166. The molecule has 188 valence electrons. The lowest BCUT2D eigenvalue weighted by Crippen LogP contribution is -2.55. The standard InChI is InChI=1S/C28H34O7/c1-16-8-23-19(10-21(16)32-12-18(3)29)26(4,5)14-28(34-23)15-27(6,7)20-11-22(33-13-25(30)31)17(2)9-24(20)35-28/h8-11H,12-15H2,1-7H3,(H,30,31). The highest BCUT2D eigenvalue weighted by atomic mass is 16.7. The number of aryl methyl sites for hydroxylation is 2. The molecule has 0 bridgehead atoms. The molecule has 35 heavy (non-hydrogen) atoms. The number of carboxylic acid groups (broad SMARTS) is 1. The molecule has 0 saturated heterocycles. The van der Waals surface area contributed by atoms with Gasteiger partial charge in [-0.3, -0.25) is 4.79 Å². The van der Waals surface area contributed by atoms with Gasteiger partial charge in [0.1, 0.15) is 29.6 Å². The van der Waals surface area contributed by atoms with Crippen molar-refractivity contribution in [1.29, 1.82) is 0 Å². The van der Waals surface area contributed by atoms with Gasteiger partial charge >= 0.3 is 5.97 Å². The molecule has 1 spiro atoms. The lowest BCUT2D eigenvalue weighted by atomic mass is 9.69. The van der Waals surface area contributed by atoms with Crippen molar-refractivity contribution >= 4 is 11.8 Å². The molecule has 2 aromatic carbocycles. The Morgan fingerprint density at radius 1 is 0.829 bits per heavy atom. The number of ketones is 1. The zero-order valence-electron chi connectivity index (χ0n) is 21.5. The van der Waals surface area contributed by atoms with Crippen LogP contribution in [-0.2, 0) is 20.4 Å². The van der Waals surface area contributed by atoms with Crippen LogP contribution < -0.4 is 18.9 Å². The first-order chi connectivity index (χ1) is 16.2. The molecule has 2 heterocycles. The largest absolute Gasteiger partial charge is 0.486 e. The maximum atomic E-state index is 11.4. The van der Waals surface area contributed by atoms with Crippen LogP contribution in [-0.4, -0.2) is 35.9 Å². The summed E-state index contributed by atoms with van der Waals surface area (Å²) in [7, 11) is 0. The first-order valence-corrected chi connectivity index (χ1v) is 11.9. The van der Waals surface area contributed by atoms with Crippen molar-refractivity contribution in [2.45, 2.75) is 77.9 Å². The predicted octanol–water partition coefficient (Wildman–Crippen LogP) is 5.25. The second-order valence-corrected chi connectivity index (χ2v) is 11.1. The number of hydrogen-bond acceptors (Lipinski definition) is 6. The Morgan fingerprint density at radius 3 is 1.66 bits per heavy atom. The summed E-state index contributed by atoms with van der Waals surface area (Å²) in [6.07, 6.45) is 1.24. The Bertz CT molecular complexity index is 1100. The van der Waals surface area contributed by atoms with Gasteiger partial charge in [0.15, 0.2) is 12.4 Å². The summed E-state index contributed by atoms with van der Waals surface area (Å²) >= 11 is 0. The molecule has 7 nitrogen and oxygen atoms in total. The van der Waals surface area contributed by atoms with Crippen LogP contribution in [0.4, 0.5) is 0 Å². The van der Waals surface area contributed by atoms with Crippen molar-refractivity contribution in [3.8, 4) is 23.0 Å². The van der Waals surface area contributed by atoms with E-state index < -0.39 is 18.4 Å². The third-order valence-corrected chi connectivity index (χ3v) is 6.81. The highest BCUT2D eigenvalue weighted by molar-refractivity contribution is 5.77.